The Morgan fingerprint density at radius 3 is 2.73 bits per heavy atom. The van der Waals surface area contributed by atoms with Gasteiger partial charge < -0.3 is 10.2 Å². The smallest absolute Gasteiger partial charge is 0.159 e. The summed E-state index contributed by atoms with van der Waals surface area (Å²) in [6, 6.07) is 0. The maximum Gasteiger partial charge on any atom is 0.159 e. The Morgan fingerprint density at radius 2 is 1.95 bits per heavy atom. The minimum absolute atomic E-state index is 0.0929. The highest BCUT2D eigenvalue weighted by atomic mass is 16.3. The summed E-state index contributed by atoms with van der Waals surface area (Å²) in [4.78, 5) is 11.8. The van der Waals surface area contributed by atoms with Gasteiger partial charge in [-0.3, -0.25) is 4.79 Å². The van der Waals surface area contributed by atoms with Gasteiger partial charge in [0.05, 0.1) is 6.10 Å². The van der Waals surface area contributed by atoms with Crippen molar-refractivity contribution in [3.63, 3.8) is 0 Å². The van der Waals surface area contributed by atoms with Crippen LogP contribution in [0.1, 0.15) is 58.8 Å². The molecule has 2 N–H and O–H groups in total. The van der Waals surface area contributed by atoms with Crippen molar-refractivity contribution in [3.05, 3.63) is 11.8 Å². The molecule has 0 aromatic carbocycles. The number of carbonyl (C=O) groups is 1. The monoisotopic (exact) mass is 304 g/mol. The summed E-state index contributed by atoms with van der Waals surface area (Å²) in [6.07, 6.45) is 8.33. The van der Waals surface area contributed by atoms with Gasteiger partial charge in [0, 0.05) is 17.9 Å². The molecule has 0 spiro atoms. The van der Waals surface area contributed by atoms with Gasteiger partial charge in [-0.05, 0) is 67.6 Å². The quantitative estimate of drug-likeness (QED) is 0.718. The van der Waals surface area contributed by atoms with Crippen LogP contribution < -0.4 is 0 Å². The lowest BCUT2D eigenvalue weighted by atomic mass is 9.46. The van der Waals surface area contributed by atoms with Crippen molar-refractivity contribution in [3.8, 4) is 0 Å². The molecule has 0 bridgehead atoms. The van der Waals surface area contributed by atoms with E-state index < -0.39 is 0 Å². The number of hydrogen-bond donors (Lipinski definition) is 2. The lowest BCUT2D eigenvalue weighted by Gasteiger charge is -2.58. The van der Waals surface area contributed by atoms with E-state index in [2.05, 4.69) is 13.8 Å². The first-order chi connectivity index (χ1) is 10.3. The van der Waals surface area contributed by atoms with E-state index in [-0.39, 0.29) is 22.7 Å². The molecule has 2 unspecified atom stereocenters. The van der Waals surface area contributed by atoms with Crippen molar-refractivity contribution in [2.45, 2.75) is 64.9 Å². The third-order valence-corrected chi connectivity index (χ3v) is 7.95. The van der Waals surface area contributed by atoms with E-state index in [9.17, 15) is 15.0 Å². The first-order valence-electron chi connectivity index (χ1n) is 8.96. The van der Waals surface area contributed by atoms with Crippen molar-refractivity contribution in [1.29, 1.82) is 0 Å². The number of rotatable bonds is 0. The number of hydrogen-bond acceptors (Lipinski definition) is 3. The molecular weight excluding hydrogens is 276 g/mol. The molecule has 0 radical (unpaired) electrons. The van der Waals surface area contributed by atoms with Crippen LogP contribution in [0.15, 0.2) is 11.8 Å². The molecule has 0 amide bonds. The van der Waals surface area contributed by atoms with Crippen LogP contribution in [-0.2, 0) is 4.79 Å². The molecule has 3 heteroatoms. The molecule has 22 heavy (non-hydrogen) atoms. The zero-order chi connectivity index (χ0) is 15.7. The van der Waals surface area contributed by atoms with E-state index in [1.807, 2.05) is 0 Å². The van der Waals surface area contributed by atoms with Crippen LogP contribution in [0, 0.1) is 34.5 Å². The fourth-order valence-corrected chi connectivity index (χ4v) is 6.78. The average molecular weight is 304 g/mol. The Bertz CT molecular complexity index is 539. The molecule has 0 heterocycles. The van der Waals surface area contributed by atoms with Crippen LogP contribution in [0.2, 0.25) is 0 Å². The minimum Gasteiger partial charge on any atom is -0.512 e. The van der Waals surface area contributed by atoms with Crippen LogP contribution >= 0.6 is 0 Å². The van der Waals surface area contributed by atoms with Crippen LogP contribution in [0.4, 0.5) is 0 Å². The Hall–Kier alpha value is -0.830. The zero-order valence-electron chi connectivity index (χ0n) is 13.7. The van der Waals surface area contributed by atoms with Gasteiger partial charge in [-0.1, -0.05) is 13.8 Å². The highest BCUT2D eigenvalue weighted by molar-refractivity contribution is 5.91. The molecule has 122 valence electrons. The van der Waals surface area contributed by atoms with Crippen LogP contribution in [0.3, 0.4) is 0 Å². The summed E-state index contributed by atoms with van der Waals surface area (Å²) >= 11 is 0. The maximum atomic E-state index is 11.8. The van der Waals surface area contributed by atoms with Gasteiger partial charge in [-0.15, -0.1) is 0 Å². The Morgan fingerprint density at radius 1 is 1.18 bits per heavy atom. The number of allylic oxidation sites excluding steroid dienone is 2. The maximum absolute atomic E-state index is 11.8. The highest BCUT2D eigenvalue weighted by Gasteiger charge is 2.60. The van der Waals surface area contributed by atoms with Crippen molar-refractivity contribution in [2.75, 3.05) is 0 Å². The average Bonchev–Trinajstić information content (AvgIpc) is 2.75. The largest absolute Gasteiger partial charge is 0.512 e. The molecule has 0 aromatic rings. The third-order valence-electron chi connectivity index (χ3n) is 7.95. The minimum atomic E-state index is -0.217. The summed E-state index contributed by atoms with van der Waals surface area (Å²) in [7, 11) is 0. The molecule has 0 saturated heterocycles. The zero-order valence-corrected chi connectivity index (χ0v) is 13.7. The molecule has 3 saturated carbocycles. The standard InChI is InChI=1S/C19H28O3/c1-18-6-5-15-14(16(18)8-13(21)10-18)4-3-11-7-12(20)9-17(22)19(11,15)2/h9,11,13-16,21-22H,3-8,10H2,1-2H3/t11?,13?,14-,15+,16+,18-,19+/m1/s1. The summed E-state index contributed by atoms with van der Waals surface area (Å²) in [5.74, 6) is 2.40. The first kappa shape index (κ1) is 14.7. The molecule has 3 nitrogen and oxygen atoms in total. The topological polar surface area (TPSA) is 57.5 Å². The fraction of sp³-hybridized carbons (Fsp3) is 0.842. The lowest BCUT2D eigenvalue weighted by molar-refractivity contribution is -0.126. The van der Waals surface area contributed by atoms with E-state index in [1.54, 1.807) is 0 Å². The predicted molar refractivity (Wildman–Crippen MR) is 84.2 cm³/mol. The summed E-state index contributed by atoms with van der Waals surface area (Å²) in [5, 5.41) is 20.8. The van der Waals surface area contributed by atoms with Gasteiger partial charge in [-0.2, -0.15) is 0 Å². The van der Waals surface area contributed by atoms with E-state index in [1.165, 1.54) is 12.5 Å². The second-order valence-corrected chi connectivity index (χ2v) is 8.92. The molecule has 4 aliphatic carbocycles. The molecule has 7 atom stereocenters. The molecule has 3 fully saturated rings. The SMILES string of the molecule is C[C@]12CC[C@H]3[C@@H](CCC4CC(=O)C=C(O)[C@@]43C)[C@@H]1CC(O)C2. The van der Waals surface area contributed by atoms with E-state index in [0.29, 0.717) is 35.9 Å². The fourth-order valence-electron chi connectivity index (χ4n) is 6.78. The Labute approximate surface area is 132 Å². The molecular formula is C19H28O3. The van der Waals surface area contributed by atoms with E-state index in [4.69, 9.17) is 0 Å². The predicted octanol–water partition coefficient (Wildman–Crippen LogP) is 3.62. The lowest BCUT2D eigenvalue weighted by Crippen LogP contribution is -2.53. The highest BCUT2D eigenvalue weighted by Crippen LogP contribution is 2.66. The number of fused-ring (bicyclic) bond motifs is 5. The van der Waals surface area contributed by atoms with Crippen LogP contribution in [-0.4, -0.2) is 22.1 Å². The Balaban J connectivity index is 1.71. The second-order valence-electron chi connectivity index (χ2n) is 8.92. The summed E-state index contributed by atoms with van der Waals surface area (Å²) in [5.41, 5.74) is 0.0687. The van der Waals surface area contributed by atoms with Crippen molar-refractivity contribution in [2.24, 2.45) is 34.5 Å². The normalized spacial score (nSPS) is 54.2. The number of aliphatic hydroxyl groups excluding tert-OH is 2. The number of carbonyl (C=O) groups excluding carboxylic acids is 1. The van der Waals surface area contributed by atoms with Gasteiger partial charge in [0.15, 0.2) is 5.78 Å². The second kappa shape index (κ2) is 4.59. The molecule has 4 aliphatic rings. The Kier molecular flexibility index (Phi) is 3.08. The van der Waals surface area contributed by atoms with Gasteiger partial charge in [0.1, 0.15) is 5.76 Å². The van der Waals surface area contributed by atoms with Crippen molar-refractivity contribution in [1.82, 2.24) is 0 Å². The van der Waals surface area contributed by atoms with E-state index >= 15 is 0 Å². The molecule has 4 rings (SSSR count). The van der Waals surface area contributed by atoms with Crippen molar-refractivity contribution >= 4 is 5.78 Å². The van der Waals surface area contributed by atoms with Crippen LogP contribution in [0.5, 0.6) is 0 Å². The number of ketones is 1. The summed E-state index contributed by atoms with van der Waals surface area (Å²) < 4.78 is 0. The van der Waals surface area contributed by atoms with E-state index in [0.717, 1.165) is 32.1 Å². The van der Waals surface area contributed by atoms with Gasteiger partial charge in [-0.25, -0.2) is 0 Å². The van der Waals surface area contributed by atoms with Gasteiger partial charge >= 0.3 is 0 Å². The molecule has 0 aromatic heterocycles. The van der Waals surface area contributed by atoms with Gasteiger partial charge in [0.25, 0.3) is 0 Å². The molecule has 0 aliphatic heterocycles. The number of aliphatic hydroxyl groups is 2. The van der Waals surface area contributed by atoms with Crippen molar-refractivity contribution < 1.29 is 15.0 Å². The third kappa shape index (κ3) is 1.81. The first-order valence-corrected chi connectivity index (χ1v) is 8.96. The van der Waals surface area contributed by atoms with Gasteiger partial charge in [0.2, 0.25) is 0 Å². The summed E-state index contributed by atoms with van der Waals surface area (Å²) in [6.45, 7) is 4.55. The van der Waals surface area contributed by atoms with Crippen LogP contribution in [0.25, 0.3) is 0 Å².